The van der Waals surface area contributed by atoms with E-state index in [9.17, 15) is 0 Å². The summed E-state index contributed by atoms with van der Waals surface area (Å²) in [6, 6.07) is 17.3. The van der Waals surface area contributed by atoms with Crippen LogP contribution in [0.1, 0.15) is 25.7 Å². The van der Waals surface area contributed by atoms with E-state index >= 15 is 0 Å². The number of hydrogen-bond acceptors (Lipinski definition) is 11. The number of pyridine rings is 1. The molecule has 12 heteroatoms. The molecule has 11 nitrogen and oxygen atoms in total. The first-order valence-corrected chi connectivity index (χ1v) is 15.5. The van der Waals surface area contributed by atoms with Crippen molar-refractivity contribution < 1.29 is 14.2 Å². The summed E-state index contributed by atoms with van der Waals surface area (Å²) in [4.78, 5) is 21.3. The predicted molar refractivity (Wildman–Crippen MR) is 181 cm³/mol. The summed E-state index contributed by atoms with van der Waals surface area (Å²) in [6.07, 6.45) is 4.26. The van der Waals surface area contributed by atoms with Crippen LogP contribution in [0.25, 0.3) is 21.8 Å². The average Bonchev–Trinajstić information content (AvgIpc) is 3.07. The largest absolute Gasteiger partial charge is 0.497 e. The standard InChI is InChI=1S/C33H37ClN8O3/c1-43-23-9-11-28-27(20-23)30(26-10-8-21(34)16-29(26)38-28)35-12-7-13-36-31-39-32(41-33(40-31)42-14-5-4-6-15-42)37-22-17-24(44-2)19-25(18-22)45-3/h8-11,16-20H,4-7,12-15H2,1-3H3,(H,35,38)(H2,36,37,39,40,41). The topological polar surface area (TPSA) is 119 Å². The lowest BCUT2D eigenvalue weighted by Crippen LogP contribution is -2.31. The Hall–Kier alpha value is -4.77. The molecule has 1 saturated heterocycles. The van der Waals surface area contributed by atoms with Crippen LogP contribution in [-0.2, 0) is 0 Å². The molecule has 3 heterocycles. The van der Waals surface area contributed by atoms with Gasteiger partial charge in [0, 0.05) is 65.9 Å². The van der Waals surface area contributed by atoms with Gasteiger partial charge >= 0.3 is 0 Å². The van der Waals surface area contributed by atoms with E-state index in [0.29, 0.717) is 47.5 Å². The molecule has 3 N–H and O–H groups in total. The van der Waals surface area contributed by atoms with Gasteiger partial charge in [0.05, 0.1) is 38.1 Å². The van der Waals surface area contributed by atoms with Crippen LogP contribution in [0.3, 0.4) is 0 Å². The van der Waals surface area contributed by atoms with Crippen molar-refractivity contribution in [3.8, 4) is 17.2 Å². The summed E-state index contributed by atoms with van der Waals surface area (Å²) in [5.74, 6) is 3.74. The second-order valence-corrected chi connectivity index (χ2v) is 11.2. The molecule has 0 aliphatic carbocycles. The molecule has 1 aliphatic heterocycles. The summed E-state index contributed by atoms with van der Waals surface area (Å²) in [7, 11) is 4.92. The highest BCUT2D eigenvalue weighted by Crippen LogP contribution is 2.34. The van der Waals surface area contributed by atoms with E-state index in [1.165, 1.54) is 6.42 Å². The normalized spacial score (nSPS) is 13.1. The number of hydrogen-bond donors (Lipinski definition) is 3. The zero-order valence-electron chi connectivity index (χ0n) is 25.7. The Kier molecular flexibility index (Phi) is 9.35. The maximum absolute atomic E-state index is 6.29. The van der Waals surface area contributed by atoms with Crippen molar-refractivity contribution in [1.82, 2.24) is 19.9 Å². The van der Waals surface area contributed by atoms with Gasteiger partial charge in [0.1, 0.15) is 17.2 Å². The van der Waals surface area contributed by atoms with Crippen LogP contribution in [0, 0.1) is 0 Å². The van der Waals surface area contributed by atoms with Crippen molar-refractivity contribution in [3.63, 3.8) is 0 Å². The number of nitrogens with zero attached hydrogens (tertiary/aromatic N) is 5. The fourth-order valence-corrected chi connectivity index (χ4v) is 5.63. The number of piperidine rings is 1. The van der Waals surface area contributed by atoms with Gasteiger partial charge < -0.3 is 35.1 Å². The van der Waals surface area contributed by atoms with Crippen molar-refractivity contribution >= 4 is 62.6 Å². The van der Waals surface area contributed by atoms with Crippen LogP contribution in [0.4, 0.5) is 29.2 Å². The first-order valence-electron chi connectivity index (χ1n) is 15.1. The highest BCUT2D eigenvalue weighted by Gasteiger charge is 2.17. The average molecular weight is 629 g/mol. The Morgan fingerprint density at radius 2 is 1.42 bits per heavy atom. The maximum atomic E-state index is 6.29. The van der Waals surface area contributed by atoms with E-state index in [1.807, 2.05) is 54.6 Å². The summed E-state index contributed by atoms with van der Waals surface area (Å²) in [5, 5.41) is 13.0. The molecule has 2 aromatic heterocycles. The lowest BCUT2D eigenvalue weighted by Gasteiger charge is -2.27. The minimum absolute atomic E-state index is 0.448. The molecule has 0 unspecified atom stereocenters. The van der Waals surface area contributed by atoms with Gasteiger partial charge in [-0.1, -0.05) is 11.6 Å². The predicted octanol–water partition coefficient (Wildman–Crippen LogP) is 6.90. The summed E-state index contributed by atoms with van der Waals surface area (Å²) in [5.41, 5.74) is 3.46. The lowest BCUT2D eigenvalue weighted by molar-refractivity contribution is 0.395. The highest BCUT2D eigenvalue weighted by molar-refractivity contribution is 6.31. The SMILES string of the molecule is COc1cc(Nc2nc(NCCCNc3c4ccc(Cl)cc4nc4ccc(OC)cc34)nc(N3CCCCC3)n2)cc(OC)c1. The number of benzene rings is 3. The molecular formula is C33H37ClN8O3. The highest BCUT2D eigenvalue weighted by atomic mass is 35.5. The molecule has 0 saturated carbocycles. The van der Waals surface area contributed by atoms with Crippen molar-refractivity contribution in [1.29, 1.82) is 0 Å². The Labute approximate surface area is 267 Å². The van der Waals surface area contributed by atoms with Gasteiger partial charge in [-0.25, -0.2) is 4.98 Å². The molecule has 1 aliphatic rings. The third kappa shape index (κ3) is 7.15. The van der Waals surface area contributed by atoms with Gasteiger partial charge in [0.15, 0.2) is 0 Å². The molecule has 5 aromatic rings. The fourth-order valence-electron chi connectivity index (χ4n) is 5.46. The number of nitrogens with one attached hydrogen (secondary N) is 3. The third-order valence-electron chi connectivity index (χ3n) is 7.75. The number of methoxy groups -OCH3 is 3. The molecule has 0 atom stereocenters. The molecule has 0 amide bonds. The third-order valence-corrected chi connectivity index (χ3v) is 7.99. The molecule has 0 bridgehead atoms. The molecule has 234 valence electrons. The number of halogens is 1. The van der Waals surface area contributed by atoms with Crippen LogP contribution in [-0.4, -0.2) is 67.4 Å². The van der Waals surface area contributed by atoms with E-state index < -0.39 is 0 Å². The Bertz CT molecular complexity index is 1780. The summed E-state index contributed by atoms with van der Waals surface area (Å²) in [6.45, 7) is 3.20. The van der Waals surface area contributed by atoms with Crippen LogP contribution < -0.4 is 35.1 Å². The van der Waals surface area contributed by atoms with Gasteiger partial charge in [-0.05, 0) is 62.1 Å². The van der Waals surface area contributed by atoms with E-state index in [-0.39, 0.29) is 0 Å². The first-order chi connectivity index (χ1) is 22.0. The first kappa shape index (κ1) is 30.3. The number of anilines is 5. The molecule has 0 radical (unpaired) electrons. The van der Waals surface area contributed by atoms with Crippen molar-refractivity contribution in [2.75, 3.05) is 68.4 Å². The smallest absolute Gasteiger partial charge is 0.233 e. The van der Waals surface area contributed by atoms with Crippen molar-refractivity contribution in [2.24, 2.45) is 0 Å². The zero-order chi connectivity index (χ0) is 31.2. The second-order valence-electron chi connectivity index (χ2n) is 10.8. The molecule has 0 spiro atoms. The molecule has 3 aromatic carbocycles. The summed E-state index contributed by atoms with van der Waals surface area (Å²) >= 11 is 6.29. The van der Waals surface area contributed by atoms with Gasteiger partial charge in [-0.15, -0.1) is 0 Å². The van der Waals surface area contributed by atoms with Crippen LogP contribution in [0.15, 0.2) is 54.6 Å². The molecule has 45 heavy (non-hydrogen) atoms. The van der Waals surface area contributed by atoms with Crippen LogP contribution >= 0.6 is 11.6 Å². The fraction of sp³-hybridized carbons (Fsp3) is 0.333. The number of aromatic nitrogens is 4. The van der Waals surface area contributed by atoms with Gasteiger partial charge in [-0.3, -0.25) is 0 Å². The minimum Gasteiger partial charge on any atom is -0.497 e. The number of ether oxygens (including phenoxy) is 3. The summed E-state index contributed by atoms with van der Waals surface area (Å²) < 4.78 is 16.4. The van der Waals surface area contributed by atoms with E-state index in [0.717, 1.165) is 71.3 Å². The van der Waals surface area contributed by atoms with Gasteiger partial charge in [0.25, 0.3) is 0 Å². The Balaban J connectivity index is 1.18. The Morgan fingerprint density at radius 1 is 0.689 bits per heavy atom. The van der Waals surface area contributed by atoms with Crippen LogP contribution in [0.5, 0.6) is 17.2 Å². The second kappa shape index (κ2) is 13.9. The minimum atomic E-state index is 0.448. The monoisotopic (exact) mass is 628 g/mol. The lowest BCUT2D eigenvalue weighted by atomic mass is 10.1. The van der Waals surface area contributed by atoms with Crippen molar-refractivity contribution in [3.05, 3.63) is 59.6 Å². The molecule has 6 rings (SSSR count). The van der Waals surface area contributed by atoms with Gasteiger partial charge in [0.2, 0.25) is 17.8 Å². The zero-order valence-corrected chi connectivity index (χ0v) is 26.4. The number of rotatable bonds is 12. The maximum Gasteiger partial charge on any atom is 0.233 e. The Morgan fingerprint density at radius 3 is 2.18 bits per heavy atom. The number of fused-ring (bicyclic) bond motifs is 2. The van der Waals surface area contributed by atoms with Gasteiger partial charge in [-0.2, -0.15) is 15.0 Å². The molecule has 1 fully saturated rings. The van der Waals surface area contributed by atoms with Crippen molar-refractivity contribution in [2.45, 2.75) is 25.7 Å². The van der Waals surface area contributed by atoms with E-state index in [2.05, 4.69) is 20.9 Å². The molecular weight excluding hydrogens is 592 g/mol. The van der Waals surface area contributed by atoms with Crippen LogP contribution in [0.2, 0.25) is 5.02 Å². The van der Waals surface area contributed by atoms with E-state index in [1.54, 1.807) is 21.3 Å². The van der Waals surface area contributed by atoms with E-state index in [4.69, 9.17) is 45.7 Å². The quantitative estimate of drug-likeness (QED) is 0.0988.